The molecule has 0 saturated heterocycles. The fraction of sp³-hybridized carbons (Fsp3) is 0.333. The number of hydrogen-bond acceptors (Lipinski definition) is 5. The maximum Gasteiger partial charge on any atom is 0.146 e. The van der Waals surface area contributed by atoms with E-state index in [9.17, 15) is 0 Å². The number of nitrogen functional groups attached to an aromatic ring is 1. The molecular weight excluding hydrogens is 268 g/mol. The lowest BCUT2D eigenvalue weighted by atomic mass is 10.2. The SMILES string of the molecule is CCc1nc(CSc2cccc(C)c2)nc(NN)c1C. The summed E-state index contributed by atoms with van der Waals surface area (Å²) in [7, 11) is 0. The van der Waals surface area contributed by atoms with Crippen molar-refractivity contribution in [3.63, 3.8) is 0 Å². The number of hydrogen-bond donors (Lipinski definition) is 2. The Morgan fingerprint density at radius 2 is 2.05 bits per heavy atom. The lowest BCUT2D eigenvalue weighted by Crippen LogP contribution is -2.14. The molecule has 1 aromatic heterocycles. The van der Waals surface area contributed by atoms with Crippen molar-refractivity contribution in [2.45, 2.75) is 37.8 Å². The Hall–Kier alpha value is -1.59. The van der Waals surface area contributed by atoms with Gasteiger partial charge in [-0.1, -0.05) is 24.6 Å². The Morgan fingerprint density at radius 3 is 2.70 bits per heavy atom. The summed E-state index contributed by atoms with van der Waals surface area (Å²) in [5.41, 5.74) is 6.00. The Kier molecular flexibility index (Phi) is 4.98. The number of rotatable bonds is 5. The predicted octanol–water partition coefficient (Wildman–Crippen LogP) is 3.23. The molecule has 2 rings (SSSR count). The average Bonchev–Trinajstić information content (AvgIpc) is 2.46. The monoisotopic (exact) mass is 288 g/mol. The van der Waals surface area contributed by atoms with Crippen LogP contribution in [0, 0.1) is 13.8 Å². The number of anilines is 1. The van der Waals surface area contributed by atoms with Gasteiger partial charge < -0.3 is 5.43 Å². The van der Waals surface area contributed by atoms with Crippen molar-refractivity contribution in [1.82, 2.24) is 9.97 Å². The quantitative estimate of drug-likeness (QED) is 0.502. The second-order valence-corrected chi connectivity index (χ2v) is 5.71. The van der Waals surface area contributed by atoms with Crippen molar-refractivity contribution in [1.29, 1.82) is 0 Å². The fourth-order valence-electron chi connectivity index (χ4n) is 2.02. The molecule has 0 radical (unpaired) electrons. The molecule has 0 fully saturated rings. The van der Waals surface area contributed by atoms with Gasteiger partial charge in [0.25, 0.3) is 0 Å². The molecular formula is C15H20N4S. The van der Waals surface area contributed by atoms with Gasteiger partial charge in [-0.25, -0.2) is 15.8 Å². The zero-order valence-electron chi connectivity index (χ0n) is 12.1. The summed E-state index contributed by atoms with van der Waals surface area (Å²) in [4.78, 5) is 10.3. The molecule has 0 spiro atoms. The highest BCUT2D eigenvalue weighted by molar-refractivity contribution is 7.98. The van der Waals surface area contributed by atoms with E-state index in [0.29, 0.717) is 0 Å². The summed E-state index contributed by atoms with van der Waals surface area (Å²) in [6.07, 6.45) is 0.880. The van der Waals surface area contributed by atoms with Gasteiger partial charge in [-0.3, -0.25) is 0 Å². The maximum absolute atomic E-state index is 5.52. The first-order chi connectivity index (χ1) is 9.63. The van der Waals surface area contributed by atoms with E-state index in [1.54, 1.807) is 11.8 Å². The number of thioether (sulfide) groups is 1. The van der Waals surface area contributed by atoms with Crippen LogP contribution in [0.4, 0.5) is 5.82 Å². The summed E-state index contributed by atoms with van der Waals surface area (Å²) in [5.74, 6) is 7.80. The molecule has 1 aromatic carbocycles. The van der Waals surface area contributed by atoms with E-state index in [0.717, 1.165) is 35.1 Å². The van der Waals surface area contributed by atoms with Crippen LogP contribution in [-0.2, 0) is 12.2 Å². The molecule has 0 bridgehead atoms. The van der Waals surface area contributed by atoms with Crippen molar-refractivity contribution in [2.75, 3.05) is 5.43 Å². The number of aromatic nitrogens is 2. The van der Waals surface area contributed by atoms with Crippen molar-refractivity contribution >= 4 is 17.6 Å². The molecule has 0 amide bonds. The minimum atomic E-state index is 0.719. The molecule has 3 N–H and O–H groups in total. The van der Waals surface area contributed by atoms with E-state index in [1.165, 1.54) is 10.5 Å². The van der Waals surface area contributed by atoms with E-state index in [2.05, 4.69) is 53.5 Å². The smallest absolute Gasteiger partial charge is 0.146 e. The Bertz CT molecular complexity index is 573. The molecule has 0 unspecified atom stereocenters. The molecule has 1 heterocycles. The lowest BCUT2D eigenvalue weighted by Gasteiger charge is -2.11. The van der Waals surface area contributed by atoms with Crippen LogP contribution in [0.3, 0.4) is 0 Å². The van der Waals surface area contributed by atoms with Crippen LogP contribution in [0.15, 0.2) is 29.2 Å². The molecule has 4 nitrogen and oxygen atoms in total. The number of hydrazine groups is 1. The minimum absolute atomic E-state index is 0.719. The predicted molar refractivity (Wildman–Crippen MR) is 84.7 cm³/mol. The van der Waals surface area contributed by atoms with Crippen molar-refractivity contribution in [3.8, 4) is 0 Å². The Labute approximate surface area is 124 Å². The first-order valence-electron chi connectivity index (χ1n) is 6.66. The summed E-state index contributed by atoms with van der Waals surface area (Å²) in [5, 5.41) is 0. The molecule has 0 aliphatic heterocycles. The first-order valence-corrected chi connectivity index (χ1v) is 7.65. The second kappa shape index (κ2) is 6.72. The van der Waals surface area contributed by atoms with E-state index >= 15 is 0 Å². The Balaban J connectivity index is 2.17. The lowest BCUT2D eigenvalue weighted by molar-refractivity contribution is 0.916. The average molecular weight is 288 g/mol. The number of nitrogens with two attached hydrogens (primary N) is 1. The molecule has 20 heavy (non-hydrogen) atoms. The van der Waals surface area contributed by atoms with Crippen LogP contribution in [0.5, 0.6) is 0 Å². The highest BCUT2D eigenvalue weighted by Gasteiger charge is 2.09. The van der Waals surface area contributed by atoms with E-state index in [4.69, 9.17) is 5.84 Å². The maximum atomic E-state index is 5.52. The Morgan fingerprint density at radius 1 is 1.25 bits per heavy atom. The van der Waals surface area contributed by atoms with Crippen LogP contribution in [0.1, 0.15) is 29.6 Å². The van der Waals surface area contributed by atoms with E-state index < -0.39 is 0 Å². The number of aryl methyl sites for hydroxylation is 2. The minimum Gasteiger partial charge on any atom is -0.308 e. The topological polar surface area (TPSA) is 63.8 Å². The molecule has 0 aliphatic rings. The zero-order chi connectivity index (χ0) is 14.5. The van der Waals surface area contributed by atoms with Crippen LogP contribution in [-0.4, -0.2) is 9.97 Å². The first kappa shape index (κ1) is 14.8. The largest absolute Gasteiger partial charge is 0.308 e. The second-order valence-electron chi connectivity index (χ2n) is 4.66. The standard InChI is InChI=1S/C15H20N4S/c1-4-13-11(3)15(19-16)18-14(17-13)9-20-12-7-5-6-10(2)8-12/h5-8H,4,9,16H2,1-3H3,(H,17,18,19). The van der Waals surface area contributed by atoms with Crippen molar-refractivity contribution < 1.29 is 0 Å². The number of nitrogens with zero attached hydrogens (tertiary/aromatic N) is 2. The van der Waals surface area contributed by atoms with Gasteiger partial charge in [0.1, 0.15) is 11.6 Å². The molecule has 5 heteroatoms. The van der Waals surface area contributed by atoms with Gasteiger partial charge in [-0.05, 0) is 32.4 Å². The third-order valence-corrected chi connectivity index (χ3v) is 4.11. The fourth-order valence-corrected chi connectivity index (χ4v) is 2.89. The molecule has 2 aromatic rings. The van der Waals surface area contributed by atoms with Crippen molar-refractivity contribution in [2.24, 2.45) is 5.84 Å². The van der Waals surface area contributed by atoms with Crippen LogP contribution >= 0.6 is 11.8 Å². The van der Waals surface area contributed by atoms with E-state index in [-0.39, 0.29) is 0 Å². The third-order valence-electron chi connectivity index (χ3n) is 3.12. The summed E-state index contributed by atoms with van der Waals surface area (Å²) >= 11 is 1.74. The van der Waals surface area contributed by atoms with Gasteiger partial charge in [-0.2, -0.15) is 0 Å². The third kappa shape index (κ3) is 3.49. The van der Waals surface area contributed by atoms with Gasteiger partial charge in [0.2, 0.25) is 0 Å². The van der Waals surface area contributed by atoms with Crippen LogP contribution < -0.4 is 11.3 Å². The summed E-state index contributed by atoms with van der Waals surface area (Å²) in [6.45, 7) is 6.18. The molecule has 0 atom stereocenters. The van der Waals surface area contributed by atoms with Gasteiger partial charge in [0, 0.05) is 16.2 Å². The zero-order valence-corrected chi connectivity index (χ0v) is 12.9. The van der Waals surface area contributed by atoms with Crippen LogP contribution in [0.2, 0.25) is 0 Å². The van der Waals surface area contributed by atoms with Gasteiger partial charge in [0.05, 0.1) is 5.75 Å². The highest BCUT2D eigenvalue weighted by atomic mass is 32.2. The van der Waals surface area contributed by atoms with Crippen molar-refractivity contribution in [3.05, 3.63) is 46.9 Å². The number of benzene rings is 1. The molecule has 0 aliphatic carbocycles. The van der Waals surface area contributed by atoms with Crippen LogP contribution in [0.25, 0.3) is 0 Å². The van der Waals surface area contributed by atoms with Gasteiger partial charge in [-0.15, -0.1) is 11.8 Å². The highest BCUT2D eigenvalue weighted by Crippen LogP contribution is 2.24. The van der Waals surface area contributed by atoms with Gasteiger partial charge in [0.15, 0.2) is 0 Å². The summed E-state index contributed by atoms with van der Waals surface area (Å²) < 4.78 is 0. The van der Waals surface area contributed by atoms with E-state index in [1.807, 2.05) is 6.92 Å². The molecule has 0 saturated carbocycles. The van der Waals surface area contributed by atoms with Gasteiger partial charge >= 0.3 is 0 Å². The summed E-state index contributed by atoms with van der Waals surface area (Å²) in [6, 6.07) is 8.44. The normalized spacial score (nSPS) is 10.6. The molecule has 106 valence electrons. The number of nitrogens with one attached hydrogen (secondary N) is 1.